The van der Waals surface area contributed by atoms with Crippen molar-refractivity contribution in [3.63, 3.8) is 0 Å². The molecule has 0 aliphatic carbocycles. The zero-order chi connectivity index (χ0) is 13.4. The van der Waals surface area contributed by atoms with Gasteiger partial charge in [0.2, 0.25) is 10.0 Å². The maximum atomic E-state index is 13.3. The molecule has 0 aliphatic rings. The van der Waals surface area contributed by atoms with Gasteiger partial charge in [-0.2, -0.15) is 0 Å². The summed E-state index contributed by atoms with van der Waals surface area (Å²) >= 11 is 0. The van der Waals surface area contributed by atoms with E-state index in [0.29, 0.717) is 26.2 Å². The number of sulfonamides is 1. The van der Waals surface area contributed by atoms with Crippen LogP contribution in [0.2, 0.25) is 0 Å². The molecule has 0 heterocycles. The van der Waals surface area contributed by atoms with Crippen molar-refractivity contribution in [3.05, 3.63) is 30.1 Å². The molecule has 0 aromatic heterocycles. The normalized spacial score (nSPS) is 11.7. The monoisotopic (exact) mass is 276 g/mol. The fourth-order valence-corrected chi connectivity index (χ4v) is 2.46. The van der Waals surface area contributed by atoms with Crippen LogP contribution in [0.1, 0.15) is 6.42 Å². The molecule has 5 nitrogen and oxygen atoms in total. The van der Waals surface area contributed by atoms with E-state index >= 15 is 0 Å². The molecule has 0 saturated heterocycles. The van der Waals surface area contributed by atoms with Crippen molar-refractivity contribution in [1.29, 1.82) is 0 Å². The second-order valence-electron chi connectivity index (χ2n) is 3.58. The average molecular weight is 276 g/mol. The largest absolute Gasteiger partial charge is 0.380 e. The minimum Gasteiger partial charge on any atom is -0.380 e. The van der Waals surface area contributed by atoms with E-state index in [1.807, 2.05) is 0 Å². The minimum atomic E-state index is -3.79. The van der Waals surface area contributed by atoms with E-state index in [9.17, 15) is 12.8 Å². The second kappa shape index (κ2) is 7.42. The molecule has 0 spiro atoms. The van der Waals surface area contributed by atoms with Gasteiger partial charge < -0.3 is 10.5 Å². The van der Waals surface area contributed by atoms with E-state index in [-0.39, 0.29) is 11.4 Å². The molecule has 18 heavy (non-hydrogen) atoms. The number of hydrogen-bond donors (Lipinski definition) is 2. The van der Waals surface area contributed by atoms with Crippen molar-refractivity contribution in [3.8, 4) is 0 Å². The first-order valence-electron chi connectivity index (χ1n) is 5.60. The van der Waals surface area contributed by atoms with Gasteiger partial charge >= 0.3 is 0 Å². The zero-order valence-electron chi connectivity index (χ0n) is 9.93. The Kier molecular flexibility index (Phi) is 6.20. The number of rotatable bonds is 8. The molecule has 1 aromatic carbocycles. The average Bonchev–Trinajstić information content (AvgIpc) is 2.34. The van der Waals surface area contributed by atoms with Gasteiger partial charge in [-0.15, -0.1) is 0 Å². The fourth-order valence-electron chi connectivity index (χ4n) is 1.31. The highest BCUT2D eigenvalue weighted by Crippen LogP contribution is 2.12. The molecule has 0 bridgehead atoms. The number of hydrogen-bond acceptors (Lipinski definition) is 4. The Bertz CT molecular complexity index is 465. The molecule has 0 saturated carbocycles. The number of benzene rings is 1. The third-order valence-electron chi connectivity index (χ3n) is 2.15. The predicted molar refractivity (Wildman–Crippen MR) is 66.1 cm³/mol. The second-order valence-corrected chi connectivity index (χ2v) is 5.32. The summed E-state index contributed by atoms with van der Waals surface area (Å²) in [6.07, 6.45) is 0.508. The maximum absolute atomic E-state index is 13.3. The van der Waals surface area contributed by atoms with Gasteiger partial charge in [-0.1, -0.05) is 12.1 Å². The van der Waals surface area contributed by atoms with Gasteiger partial charge in [0.15, 0.2) is 0 Å². The van der Waals surface area contributed by atoms with Crippen LogP contribution in [0.25, 0.3) is 0 Å². The summed E-state index contributed by atoms with van der Waals surface area (Å²) in [4.78, 5) is -0.340. The quantitative estimate of drug-likeness (QED) is 0.676. The van der Waals surface area contributed by atoms with Crippen molar-refractivity contribution in [2.24, 2.45) is 5.73 Å². The first-order chi connectivity index (χ1) is 8.58. The Morgan fingerprint density at radius 1 is 1.28 bits per heavy atom. The van der Waals surface area contributed by atoms with Gasteiger partial charge in [0.1, 0.15) is 10.7 Å². The molecule has 0 aliphatic heterocycles. The molecule has 0 atom stereocenters. The number of halogens is 1. The van der Waals surface area contributed by atoms with Crippen LogP contribution in [0.15, 0.2) is 29.2 Å². The van der Waals surface area contributed by atoms with E-state index in [2.05, 4.69) is 4.72 Å². The molecular weight excluding hydrogens is 259 g/mol. The Labute approximate surface area is 106 Å². The van der Waals surface area contributed by atoms with Gasteiger partial charge in [0.25, 0.3) is 0 Å². The summed E-state index contributed by atoms with van der Waals surface area (Å²) in [5, 5.41) is 0. The van der Waals surface area contributed by atoms with Crippen molar-refractivity contribution in [2.45, 2.75) is 11.3 Å². The first kappa shape index (κ1) is 15.0. The first-order valence-corrected chi connectivity index (χ1v) is 7.08. The third kappa shape index (κ3) is 4.69. The molecule has 0 amide bonds. The van der Waals surface area contributed by atoms with Crippen LogP contribution < -0.4 is 10.5 Å². The highest BCUT2D eigenvalue weighted by molar-refractivity contribution is 7.89. The molecule has 102 valence electrons. The van der Waals surface area contributed by atoms with E-state index in [0.717, 1.165) is 6.07 Å². The minimum absolute atomic E-state index is 0.196. The topological polar surface area (TPSA) is 81.4 Å². The lowest BCUT2D eigenvalue weighted by atomic mass is 10.4. The molecule has 0 unspecified atom stereocenters. The summed E-state index contributed by atoms with van der Waals surface area (Å²) < 4.78 is 44.2. The van der Waals surface area contributed by atoms with Crippen LogP contribution in [0.5, 0.6) is 0 Å². The predicted octanol–water partition coefficient (Wildman–Crippen LogP) is 0.469. The summed E-state index contributed by atoms with van der Waals surface area (Å²) in [5.41, 5.74) is 5.23. The molecule has 0 radical (unpaired) electrons. The van der Waals surface area contributed by atoms with Gasteiger partial charge in [0, 0.05) is 19.7 Å². The summed E-state index contributed by atoms with van der Waals surface area (Å²) in [5.74, 6) is -0.760. The van der Waals surface area contributed by atoms with E-state index in [4.69, 9.17) is 10.5 Å². The Morgan fingerprint density at radius 3 is 2.67 bits per heavy atom. The Morgan fingerprint density at radius 2 is 2.00 bits per heavy atom. The van der Waals surface area contributed by atoms with Crippen LogP contribution in [0, 0.1) is 5.82 Å². The highest BCUT2D eigenvalue weighted by Gasteiger charge is 2.17. The van der Waals surface area contributed by atoms with Crippen molar-refractivity contribution >= 4 is 10.0 Å². The van der Waals surface area contributed by atoms with E-state index in [1.54, 1.807) is 0 Å². The molecular formula is C11H17FN2O3S. The molecule has 1 aromatic rings. The van der Waals surface area contributed by atoms with Gasteiger partial charge in [-0.25, -0.2) is 17.5 Å². The number of nitrogens with two attached hydrogens (primary N) is 1. The van der Waals surface area contributed by atoms with Crippen LogP contribution in [-0.2, 0) is 14.8 Å². The Hall–Kier alpha value is -1.02. The van der Waals surface area contributed by atoms with E-state index < -0.39 is 15.8 Å². The molecule has 0 fully saturated rings. The van der Waals surface area contributed by atoms with Gasteiger partial charge in [-0.3, -0.25) is 0 Å². The lowest BCUT2D eigenvalue weighted by molar-refractivity contribution is 0.140. The van der Waals surface area contributed by atoms with E-state index in [1.165, 1.54) is 18.2 Å². The number of ether oxygens (including phenoxy) is 1. The lowest BCUT2D eigenvalue weighted by Crippen LogP contribution is -2.26. The van der Waals surface area contributed by atoms with Crippen LogP contribution >= 0.6 is 0 Å². The fraction of sp³-hybridized carbons (Fsp3) is 0.455. The van der Waals surface area contributed by atoms with Crippen molar-refractivity contribution in [2.75, 3.05) is 26.3 Å². The SMILES string of the molecule is NCCOCCCNS(=O)(=O)c1ccccc1F. The summed E-state index contributed by atoms with van der Waals surface area (Å²) in [7, 11) is -3.79. The summed E-state index contributed by atoms with van der Waals surface area (Å²) in [6, 6.07) is 5.25. The van der Waals surface area contributed by atoms with Crippen LogP contribution in [-0.4, -0.2) is 34.7 Å². The van der Waals surface area contributed by atoms with Crippen molar-refractivity contribution < 1.29 is 17.5 Å². The zero-order valence-corrected chi connectivity index (χ0v) is 10.7. The van der Waals surface area contributed by atoms with Crippen LogP contribution in [0.4, 0.5) is 4.39 Å². The highest BCUT2D eigenvalue weighted by atomic mass is 32.2. The van der Waals surface area contributed by atoms with Gasteiger partial charge in [0.05, 0.1) is 6.61 Å². The Balaban J connectivity index is 2.44. The lowest BCUT2D eigenvalue weighted by Gasteiger charge is -2.07. The third-order valence-corrected chi connectivity index (χ3v) is 3.64. The molecule has 3 N–H and O–H groups in total. The number of nitrogens with one attached hydrogen (secondary N) is 1. The standard InChI is InChI=1S/C11H17FN2O3S/c12-10-4-1-2-5-11(10)18(15,16)14-7-3-8-17-9-6-13/h1-2,4-5,14H,3,6-9,13H2. The maximum Gasteiger partial charge on any atom is 0.243 e. The smallest absolute Gasteiger partial charge is 0.243 e. The van der Waals surface area contributed by atoms with Gasteiger partial charge in [-0.05, 0) is 18.6 Å². The molecule has 7 heteroatoms. The van der Waals surface area contributed by atoms with Crippen molar-refractivity contribution in [1.82, 2.24) is 4.72 Å². The summed E-state index contributed by atoms with van der Waals surface area (Å²) in [6.45, 7) is 1.49. The van der Waals surface area contributed by atoms with Crippen LogP contribution in [0.3, 0.4) is 0 Å². The molecule has 1 rings (SSSR count).